The number of rotatable bonds is 4. The SMILES string of the molecule is CC/C=C1/CC2(CCC(C(C)(F)F)CC2)C(NC)/C1=C/CC. The molecule has 1 spiro atoms. The molecule has 2 aliphatic carbocycles. The first-order valence-electron chi connectivity index (χ1n) is 8.82. The molecule has 1 atom stereocenters. The van der Waals surface area contributed by atoms with Crippen LogP contribution in [0.25, 0.3) is 0 Å². The van der Waals surface area contributed by atoms with Crippen molar-refractivity contribution < 1.29 is 8.78 Å². The second-order valence-electron chi connectivity index (χ2n) is 7.20. The summed E-state index contributed by atoms with van der Waals surface area (Å²) in [6.45, 7) is 5.43. The topological polar surface area (TPSA) is 12.0 Å². The number of hydrogen-bond acceptors (Lipinski definition) is 1. The predicted molar refractivity (Wildman–Crippen MR) is 89.2 cm³/mol. The monoisotopic (exact) mass is 311 g/mol. The Hall–Kier alpha value is -0.700. The molecular weight excluding hydrogens is 280 g/mol. The summed E-state index contributed by atoms with van der Waals surface area (Å²) in [5.41, 5.74) is 3.03. The van der Waals surface area contributed by atoms with Crippen molar-refractivity contribution in [2.45, 2.75) is 77.7 Å². The molecule has 2 fully saturated rings. The van der Waals surface area contributed by atoms with Gasteiger partial charge in [0, 0.05) is 12.0 Å². The molecule has 0 amide bonds. The van der Waals surface area contributed by atoms with Crippen LogP contribution in [0.2, 0.25) is 0 Å². The molecule has 2 rings (SSSR count). The Bertz CT molecular complexity index is 437. The number of halogens is 2. The fraction of sp³-hybridized carbons (Fsp3) is 0.789. The minimum atomic E-state index is -2.53. The highest BCUT2D eigenvalue weighted by Crippen LogP contribution is 2.56. The van der Waals surface area contributed by atoms with E-state index in [0.29, 0.717) is 18.9 Å². The molecule has 0 aromatic heterocycles. The van der Waals surface area contributed by atoms with E-state index in [9.17, 15) is 8.78 Å². The Morgan fingerprint density at radius 2 is 1.77 bits per heavy atom. The standard InChI is InChI=1S/C19H31F2N/c1-5-7-14-13-19(17(22-4)16(14)8-6-2)11-9-15(10-12-19)18(3,20)21/h7-8,15,17,22H,5-6,9-13H2,1-4H3/b14-7-,16-8+. The van der Waals surface area contributed by atoms with E-state index in [0.717, 1.165) is 39.0 Å². The van der Waals surface area contributed by atoms with E-state index in [-0.39, 0.29) is 5.41 Å². The van der Waals surface area contributed by atoms with Crippen LogP contribution in [0.15, 0.2) is 23.3 Å². The van der Waals surface area contributed by atoms with E-state index in [1.54, 1.807) is 0 Å². The van der Waals surface area contributed by atoms with Gasteiger partial charge in [0.2, 0.25) is 5.92 Å². The quantitative estimate of drug-likeness (QED) is 0.724. The maximum atomic E-state index is 13.6. The number of alkyl halides is 2. The lowest BCUT2D eigenvalue weighted by molar-refractivity contribution is -0.0684. The average molecular weight is 311 g/mol. The van der Waals surface area contributed by atoms with Gasteiger partial charge in [-0.05, 0) is 75.5 Å². The zero-order chi connectivity index (χ0) is 16.4. The second-order valence-corrected chi connectivity index (χ2v) is 7.20. The van der Waals surface area contributed by atoms with Gasteiger partial charge in [0.25, 0.3) is 0 Å². The molecule has 3 heteroatoms. The first-order valence-corrected chi connectivity index (χ1v) is 8.82. The molecule has 0 saturated heterocycles. The Balaban J connectivity index is 2.24. The van der Waals surface area contributed by atoms with Crippen molar-refractivity contribution in [1.82, 2.24) is 5.32 Å². The number of allylic oxidation sites excluding steroid dienone is 2. The Labute approximate surface area is 134 Å². The first kappa shape index (κ1) is 17.7. The predicted octanol–water partition coefficient (Wildman–Crippen LogP) is 5.48. The summed E-state index contributed by atoms with van der Waals surface area (Å²) < 4.78 is 27.2. The van der Waals surface area contributed by atoms with Crippen LogP contribution in [0.4, 0.5) is 8.78 Å². The van der Waals surface area contributed by atoms with Crippen LogP contribution in [-0.2, 0) is 0 Å². The Kier molecular flexibility index (Phi) is 5.47. The summed E-state index contributed by atoms with van der Waals surface area (Å²) in [7, 11) is 2.02. The van der Waals surface area contributed by atoms with Crippen molar-refractivity contribution in [3.8, 4) is 0 Å². The molecule has 0 bridgehead atoms. The molecule has 0 aliphatic heterocycles. The Morgan fingerprint density at radius 1 is 1.18 bits per heavy atom. The van der Waals surface area contributed by atoms with Gasteiger partial charge >= 0.3 is 0 Å². The maximum Gasteiger partial charge on any atom is 0.248 e. The lowest BCUT2D eigenvalue weighted by Crippen LogP contribution is -2.44. The van der Waals surface area contributed by atoms with Crippen molar-refractivity contribution in [3.63, 3.8) is 0 Å². The van der Waals surface area contributed by atoms with Crippen LogP contribution in [0.5, 0.6) is 0 Å². The van der Waals surface area contributed by atoms with Crippen molar-refractivity contribution >= 4 is 0 Å². The van der Waals surface area contributed by atoms with Crippen molar-refractivity contribution in [2.75, 3.05) is 7.05 Å². The van der Waals surface area contributed by atoms with Crippen molar-refractivity contribution in [2.24, 2.45) is 11.3 Å². The van der Waals surface area contributed by atoms with Crippen molar-refractivity contribution in [1.29, 1.82) is 0 Å². The first-order chi connectivity index (χ1) is 10.4. The lowest BCUT2D eigenvalue weighted by atomic mass is 9.66. The maximum absolute atomic E-state index is 13.6. The lowest BCUT2D eigenvalue weighted by Gasteiger charge is -2.42. The molecule has 22 heavy (non-hydrogen) atoms. The minimum Gasteiger partial charge on any atom is -0.313 e. The zero-order valence-electron chi connectivity index (χ0n) is 14.5. The molecule has 2 aliphatic rings. The summed E-state index contributed by atoms with van der Waals surface area (Å²) in [6.07, 6.45) is 10.9. The number of hydrogen-bond donors (Lipinski definition) is 1. The summed E-state index contributed by atoms with van der Waals surface area (Å²) in [4.78, 5) is 0. The Morgan fingerprint density at radius 3 is 2.23 bits per heavy atom. The molecule has 126 valence electrons. The van der Waals surface area contributed by atoms with E-state index in [1.165, 1.54) is 11.1 Å². The minimum absolute atomic E-state index is 0.151. The van der Waals surface area contributed by atoms with Crippen LogP contribution < -0.4 is 5.32 Å². The van der Waals surface area contributed by atoms with E-state index in [2.05, 4.69) is 31.3 Å². The second kappa shape index (κ2) is 6.82. The highest BCUT2D eigenvalue weighted by molar-refractivity contribution is 5.44. The van der Waals surface area contributed by atoms with Gasteiger partial charge in [-0.15, -0.1) is 0 Å². The van der Waals surface area contributed by atoms with E-state index in [1.807, 2.05) is 7.05 Å². The van der Waals surface area contributed by atoms with Gasteiger partial charge in [0.05, 0.1) is 0 Å². The summed E-state index contributed by atoms with van der Waals surface area (Å²) in [5, 5.41) is 3.50. The van der Waals surface area contributed by atoms with Gasteiger partial charge in [0.1, 0.15) is 0 Å². The van der Waals surface area contributed by atoms with Crippen LogP contribution in [0.3, 0.4) is 0 Å². The highest BCUT2D eigenvalue weighted by atomic mass is 19.3. The van der Waals surface area contributed by atoms with Crippen LogP contribution >= 0.6 is 0 Å². The third kappa shape index (κ3) is 3.29. The van der Waals surface area contributed by atoms with E-state index < -0.39 is 11.8 Å². The summed E-state index contributed by atoms with van der Waals surface area (Å²) >= 11 is 0. The van der Waals surface area contributed by atoms with E-state index >= 15 is 0 Å². The fourth-order valence-corrected chi connectivity index (χ4v) is 4.63. The van der Waals surface area contributed by atoms with Crippen molar-refractivity contribution in [3.05, 3.63) is 23.3 Å². The number of nitrogens with one attached hydrogen (secondary N) is 1. The van der Waals surface area contributed by atoms with Gasteiger partial charge in [-0.25, -0.2) is 8.78 Å². The number of likely N-dealkylation sites (N-methyl/N-ethyl adjacent to an activating group) is 1. The summed E-state index contributed by atoms with van der Waals surface area (Å²) in [6, 6.07) is 0.330. The molecule has 1 unspecified atom stereocenters. The molecule has 1 N–H and O–H groups in total. The highest BCUT2D eigenvalue weighted by Gasteiger charge is 2.51. The molecule has 0 heterocycles. The van der Waals surface area contributed by atoms with Gasteiger partial charge in [-0.1, -0.05) is 26.0 Å². The van der Waals surface area contributed by atoms with Crippen LogP contribution in [-0.4, -0.2) is 19.0 Å². The fourth-order valence-electron chi connectivity index (χ4n) is 4.63. The molecule has 0 aromatic carbocycles. The molecule has 0 radical (unpaired) electrons. The third-order valence-electron chi connectivity index (χ3n) is 5.70. The third-order valence-corrected chi connectivity index (χ3v) is 5.70. The summed E-state index contributed by atoms with van der Waals surface area (Å²) in [5.74, 6) is -2.96. The van der Waals surface area contributed by atoms with Crippen LogP contribution in [0, 0.1) is 11.3 Å². The molecule has 2 saturated carbocycles. The van der Waals surface area contributed by atoms with Gasteiger partial charge in [0.15, 0.2) is 0 Å². The zero-order valence-corrected chi connectivity index (χ0v) is 14.5. The average Bonchev–Trinajstić information content (AvgIpc) is 2.72. The van der Waals surface area contributed by atoms with Gasteiger partial charge in [-0.2, -0.15) is 0 Å². The molecular formula is C19H31F2N. The van der Waals surface area contributed by atoms with E-state index in [4.69, 9.17) is 0 Å². The normalized spacial score (nSPS) is 36.6. The smallest absolute Gasteiger partial charge is 0.248 e. The van der Waals surface area contributed by atoms with Gasteiger partial charge in [-0.3, -0.25) is 0 Å². The van der Waals surface area contributed by atoms with Crippen LogP contribution in [0.1, 0.15) is 65.7 Å². The molecule has 0 aromatic rings. The largest absolute Gasteiger partial charge is 0.313 e. The molecule has 1 nitrogen and oxygen atoms in total. The van der Waals surface area contributed by atoms with Gasteiger partial charge < -0.3 is 5.32 Å².